The largest absolute Gasteiger partial charge is 0.324 e. The lowest BCUT2D eigenvalue weighted by Crippen LogP contribution is -2.11. The normalized spacial score (nSPS) is 12.0. The zero-order chi connectivity index (χ0) is 9.84. The van der Waals surface area contributed by atoms with Gasteiger partial charge in [-0.25, -0.2) is 8.78 Å². The summed E-state index contributed by atoms with van der Waals surface area (Å²) < 4.78 is 25.6. The first-order valence-corrected chi connectivity index (χ1v) is 4.35. The van der Waals surface area contributed by atoms with Crippen LogP contribution in [0.25, 0.3) is 0 Å². The van der Waals surface area contributed by atoms with Crippen LogP contribution in [-0.4, -0.2) is 0 Å². The van der Waals surface area contributed by atoms with Gasteiger partial charge in [-0.05, 0) is 12.5 Å². The topological polar surface area (TPSA) is 26.0 Å². The fourth-order valence-corrected chi connectivity index (χ4v) is 1.27. The van der Waals surface area contributed by atoms with E-state index >= 15 is 0 Å². The predicted octanol–water partition coefficient (Wildman–Crippen LogP) is 3.19. The van der Waals surface area contributed by atoms with Crippen LogP contribution in [0, 0.1) is 11.6 Å². The summed E-state index contributed by atoms with van der Waals surface area (Å²) in [5, 5.41) is 0. The van der Waals surface area contributed by atoms with Crippen LogP contribution in [0.5, 0.6) is 0 Å². The van der Waals surface area contributed by atoms with Crippen LogP contribution in [0.4, 0.5) is 8.78 Å². The van der Waals surface area contributed by atoms with Gasteiger partial charge in [0.15, 0.2) is 0 Å². The standard InChI is InChI=1S/C10H13F2N.ClH/c1-2-3-10(13)8-5-4-7(11)6-9(8)12;/h4-6,10H,2-3,13H2,1H3;1H. The van der Waals surface area contributed by atoms with Gasteiger partial charge in [-0.1, -0.05) is 19.4 Å². The minimum atomic E-state index is -0.565. The van der Waals surface area contributed by atoms with Gasteiger partial charge in [-0.15, -0.1) is 12.4 Å². The molecule has 0 amide bonds. The fraction of sp³-hybridized carbons (Fsp3) is 0.400. The zero-order valence-electron chi connectivity index (χ0n) is 7.97. The van der Waals surface area contributed by atoms with Crippen LogP contribution in [0.3, 0.4) is 0 Å². The van der Waals surface area contributed by atoms with Gasteiger partial charge >= 0.3 is 0 Å². The minimum Gasteiger partial charge on any atom is -0.324 e. The Kier molecular flexibility index (Phi) is 5.65. The number of benzene rings is 1. The Morgan fingerprint density at radius 3 is 2.50 bits per heavy atom. The molecule has 0 saturated heterocycles. The summed E-state index contributed by atoms with van der Waals surface area (Å²) in [4.78, 5) is 0. The maximum absolute atomic E-state index is 13.1. The molecule has 1 aromatic rings. The van der Waals surface area contributed by atoms with E-state index in [0.29, 0.717) is 12.0 Å². The molecule has 1 rings (SSSR count). The van der Waals surface area contributed by atoms with Crippen LogP contribution >= 0.6 is 12.4 Å². The second kappa shape index (κ2) is 5.94. The van der Waals surface area contributed by atoms with Gasteiger partial charge in [-0.3, -0.25) is 0 Å². The third kappa shape index (κ3) is 3.24. The molecule has 1 unspecified atom stereocenters. The van der Waals surface area contributed by atoms with E-state index in [-0.39, 0.29) is 18.4 Å². The van der Waals surface area contributed by atoms with Gasteiger partial charge in [0.1, 0.15) is 11.6 Å². The first-order valence-electron chi connectivity index (χ1n) is 4.35. The van der Waals surface area contributed by atoms with Crippen molar-refractivity contribution in [2.75, 3.05) is 0 Å². The van der Waals surface area contributed by atoms with E-state index in [1.807, 2.05) is 6.92 Å². The number of nitrogens with two attached hydrogens (primary N) is 1. The van der Waals surface area contributed by atoms with Gasteiger partial charge in [0.05, 0.1) is 0 Å². The second-order valence-corrected chi connectivity index (χ2v) is 3.06. The molecule has 0 radical (unpaired) electrons. The highest BCUT2D eigenvalue weighted by Crippen LogP contribution is 2.19. The van der Waals surface area contributed by atoms with Crippen molar-refractivity contribution in [2.45, 2.75) is 25.8 Å². The monoisotopic (exact) mass is 221 g/mol. The Morgan fingerprint density at radius 1 is 1.36 bits per heavy atom. The molecule has 80 valence electrons. The van der Waals surface area contributed by atoms with E-state index < -0.39 is 11.6 Å². The molecule has 1 atom stereocenters. The predicted molar refractivity (Wildman–Crippen MR) is 55.4 cm³/mol. The lowest BCUT2D eigenvalue weighted by molar-refractivity contribution is 0.541. The Morgan fingerprint density at radius 2 is 2.00 bits per heavy atom. The van der Waals surface area contributed by atoms with Gasteiger partial charge in [-0.2, -0.15) is 0 Å². The Balaban J connectivity index is 0.00000169. The van der Waals surface area contributed by atoms with Crippen LogP contribution < -0.4 is 5.73 Å². The molecule has 0 bridgehead atoms. The van der Waals surface area contributed by atoms with E-state index in [1.54, 1.807) is 0 Å². The summed E-state index contributed by atoms with van der Waals surface area (Å²) >= 11 is 0. The zero-order valence-corrected chi connectivity index (χ0v) is 8.78. The first-order chi connectivity index (χ1) is 6.15. The van der Waals surface area contributed by atoms with E-state index in [2.05, 4.69) is 0 Å². The van der Waals surface area contributed by atoms with Gasteiger partial charge in [0.2, 0.25) is 0 Å². The van der Waals surface area contributed by atoms with E-state index in [9.17, 15) is 8.78 Å². The molecule has 2 N–H and O–H groups in total. The molecule has 0 fully saturated rings. The van der Waals surface area contributed by atoms with Gasteiger partial charge in [0, 0.05) is 17.7 Å². The summed E-state index contributed by atoms with van der Waals surface area (Å²) in [6.07, 6.45) is 1.60. The molecular formula is C10H14ClF2N. The Labute approximate surface area is 88.7 Å². The first kappa shape index (κ1) is 13.3. The van der Waals surface area contributed by atoms with Gasteiger partial charge in [0.25, 0.3) is 0 Å². The fourth-order valence-electron chi connectivity index (χ4n) is 1.27. The molecule has 0 spiro atoms. The molecule has 0 aliphatic rings. The molecule has 1 aromatic carbocycles. The third-order valence-corrected chi connectivity index (χ3v) is 1.96. The molecule has 0 heterocycles. The van der Waals surface area contributed by atoms with Crippen molar-refractivity contribution in [3.05, 3.63) is 35.4 Å². The second-order valence-electron chi connectivity index (χ2n) is 3.06. The highest BCUT2D eigenvalue weighted by molar-refractivity contribution is 5.85. The van der Waals surface area contributed by atoms with Crippen molar-refractivity contribution in [3.8, 4) is 0 Å². The lowest BCUT2D eigenvalue weighted by atomic mass is 10.0. The minimum absolute atomic E-state index is 0. The van der Waals surface area contributed by atoms with E-state index in [1.165, 1.54) is 12.1 Å². The highest BCUT2D eigenvalue weighted by Gasteiger charge is 2.10. The summed E-state index contributed by atoms with van der Waals surface area (Å²) in [6, 6.07) is 3.18. The molecule has 0 aliphatic heterocycles. The van der Waals surface area contributed by atoms with Crippen molar-refractivity contribution in [1.82, 2.24) is 0 Å². The van der Waals surface area contributed by atoms with Crippen LogP contribution in [0.2, 0.25) is 0 Å². The molecule has 0 aliphatic carbocycles. The highest BCUT2D eigenvalue weighted by atomic mass is 35.5. The van der Waals surface area contributed by atoms with Crippen LogP contribution in [0.15, 0.2) is 18.2 Å². The van der Waals surface area contributed by atoms with Crippen molar-refractivity contribution in [1.29, 1.82) is 0 Å². The Hall–Kier alpha value is -0.670. The third-order valence-electron chi connectivity index (χ3n) is 1.96. The molecule has 14 heavy (non-hydrogen) atoms. The lowest BCUT2D eigenvalue weighted by Gasteiger charge is -2.11. The molecular weight excluding hydrogens is 208 g/mol. The molecule has 0 aromatic heterocycles. The van der Waals surface area contributed by atoms with Crippen molar-refractivity contribution >= 4 is 12.4 Å². The van der Waals surface area contributed by atoms with E-state index in [0.717, 1.165) is 12.5 Å². The van der Waals surface area contributed by atoms with Gasteiger partial charge < -0.3 is 5.73 Å². The average Bonchev–Trinajstić information content (AvgIpc) is 2.04. The average molecular weight is 222 g/mol. The summed E-state index contributed by atoms with van der Waals surface area (Å²) in [7, 11) is 0. The molecule has 1 nitrogen and oxygen atoms in total. The van der Waals surface area contributed by atoms with Crippen molar-refractivity contribution in [2.24, 2.45) is 5.73 Å². The molecule has 0 saturated carbocycles. The molecule has 4 heteroatoms. The number of rotatable bonds is 3. The summed E-state index contributed by atoms with van der Waals surface area (Å²) in [5.74, 6) is -1.12. The maximum atomic E-state index is 13.1. The number of halogens is 3. The van der Waals surface area contributed by atoms with Crippen molar-refractivity contribution in [3.63, 3.8) is 0 Å². The van der Waals surface area contributed by atoms with Crippen molar-refractivity contribution < 1.29 is 8.78 Å². The van der Waals surface area contributed by atoms with E-state index in [4.69, 9.17) is 5.73 Å². The van der Waals surface area contributed by atoms with Crippen LogP contribution in [0.1, 0.15) is 31.4 Å². The number of hydrogen-bond acceptors (Lipinski definition) is 1. The SMILES string of the molecule is CCCC(N)c1ccc(F)cc1F.Cl. The number of hydrogen-bond donors (Lipinski definition) is 1. The summed E-state index contributed by atoms with van der Waals surface area (Å²) in [6.45, 7) is 1.97. The maximum Gasteiger partial charge on any atom is 0.130 e. The Bertz CT molecular complexity index is 291. The van der Waals surface area contributed by atoms with Crippen LogP contribution in [-0.2, 0) is 0 Å². The smallest absolute Gasteiger partial charge is 0.130 e. The quantitative estimate of drug-likeness (QED) is 0.834. The summed E-state index contributed by atoms with van der Waals surface area (Å²) in [5.41, 5.74) is 6.09.